The van der Waals surface area contributed by atoms with Crippen molar-refractivity contribution in [1.29, 1.82) is 0 Å². The van der Waals surface area contributed by atoms with Crippen molar-refractivity contribution in [2.75, 3.05) is 0 Å². The number of thiol groups is 1. The lowest BCUT2D eigenvalue weighted by Crippen LogP contribution is -2.22. The van der Waals surface area contributed by atoms with Crippen LogP contribution in [0.5, 0.6) is 0 Å². The van der Waals surface area contributed by atoms with Gasteiger partial charge in [0.2, 0.25) is 0 Å². The average molecular weight is 230 g/mol. The number of hydrogen-bond acceptors (Lipinski definition) is 2. The van der Waals surface area contributed by atoms with Crippen LogP contribution in [0.1, 0.15) is 18.1 Å². The fourth-order valence-corrected chi connectivity index (χ4v) is 1.86. The van der Waals surface area contributed by atoms with E-state index in [9.17, 15) is 5.11 Å². The van der Waals surface area contributed by atoms with E-state index < -0.39 is 5.60 Å². The quantitative estimate of drug-likeness (QED) is 0.759. The summed E-state index contributed by atoms with van der Waals surface area (Å²) in [5.74, 6) is 0. The van der Waals surface area contributed by atoms with E-state index in [4.69, 9.17) is 0 Å². The Kier molecular flexibility index (Phi) is 3.03. The van der Waals surface area contributed by atoms with Crippen LogP contribution < -0.4 is 0 Å². The fourth-order valence-electron chi connectivity index (χ4n) is 1.72. The summed E-state index contributed by atoms with van der Waals surface area (Å²) < 4.78 is 0. The van der Waals surface area contributed by atoms with Crippen molar-refractivity contribution in [2.45, 2.75) is 17.4 Å². The van der Waals surface area contributed by atoms with E-state index >= 15 is 0 Å². The first-order chi connectivity index (χ1) is 7.60. The van der Waals surface area contributed by atoms with Gasteiger partial charge in [-0.25, -0.2) is 0 Å². The number of aliphatic hydroxyl groups is 1. The molecule has 0 aliphatic carbocycles. The molecule has 1 nitrogen and oxygen atoms in total. The Hall–Kier alpha value is -1.25. The van der Waals surface area contributed by atoms with Crippen molar-refractivity contribution in [2.24, 2.45) is 0 Å². The summed E-state index contributed by atoms with van der Waals surface area (Å²) in [6.45, 7) is 1.80. The monoisotopic (exact) mass is 230 g/mol. The first-order valence-corrected chi connectivity index (χ1v) is 5.63. The summed E-state index contributed by atoms with van der Waals surface area (Å²) >= 11 is 4.23. The van der Waals surface area contributed by atoms with Gasteiger partial charge in [0.25, 0.3) is 0 Å². The Bertz CT molecular complexity index is 460. The molecule has 0 saturated carbocycles. The SMILES string of the molecule is CC(O)(c1ccccc1)c1ccc(S)cc1. The van der Waals surface area contributed by atoms with Crippen LogP contribution in [0.3, 0.4) is 0 Å². The summed E-state index contributed by atoms with van der Waals surface area (Å²) in [6.07, 6.45) is 0. The van der Waals surface area contributed by atoms with Crippen LogP contribution >= 0.6 is 12.6 Å². The minimum atomic E-state index is -0.956. The van der Waals surface area contributed by atoms with Gasteiger partial charge >= 0.3 is 0 Å². The molecule has 0 saturated heterocycles. The van der Waals surface area contributed by atoms with Gasteiger partial charge in [-0.1, -0.05) is 42.5 Å². The van der Waals surface area contributed by atoms with Gasteiger partial charge in [0.15, 0.2) is 0 Å². The third kappa shape index (κ3) is 2.13. The summed E-state index contributed by atoms with van der Waals surface area (Å²) in [7, 11) is 0. The molecule has 0 spiro atoms. The van der Waals surface area contributed by atoms with Crippen molar-refractivity contribution in [3.63, 3.8) is 0 Å². The van der Waals surface area contributed by atoms with Crippen LogP contribution in [-0.2, 0) is 5.60 Å². The van der Waals surface area contributed by atoms with Crippen LogP contribution in [0.25, 0.3) is 0 Å². The van der Waals surface area contributed by atoms with Gasteiger partial charge in [0, 0.05) is 4.90 Å². The fraction of sp³-hybridized carbons (Fsp3) is 0.143. The minimum absolute atomic E-state index is 0.872. The number of hydrogen-bond donors (Lipinski definition) is 2. The second-order valence-electron chi connectivity index (χ2n) is 3.99. The molecule has 0 fully saturated rings. The Balaban J connectivity index is 2.43. The van der Waals surface area contributed by atoms with Gasteiger partial charge in [-0.3, -0.25) is 0 Å². The number of benzene rings is 2. The molecule has 1 N–H and O–H groups in total. The Labute approximate surface area is 101 Å². The van der Waals surface area contributed by atoms with Gasteiger partial charge in [-0.05, 0) is 30.2 Å². The molecular weight excluding hydrogens is 216 g/mol. The lowest BCUT2D eigenvalue weighted by molar-refractivity contribution is 0.102. The van der Waals surface area contributed by atoms with E-state index in [0.29, 0.717) is 0 Å². The first-order valence-electron chi connectivity index (χ1n) is 5.18. The summed E-state index contributed by atoms with van der Waals surface area (Å²) in [5, 5.41) is 10.5. The highest BCUT2D eigenvalue weighted by molar-refractivity contribution is 7.80. The van der Waals surface area contributed by atoms with Crippen LogP contribution in [0.15, 0.2) is 59.5 Å². The molecule has 82 valence electrons. The molecule has 2 heteroatoms. The van der Waals surface area contributed by atoms with Gasteiger partial charge in [-0.15, -0.1) is 12.6 Å². The van der Waals surface area contributed by atoms with E-state index in [1.165, 1.54) is 0 Å². The zero-order valence-corrected chi connectivity index (χ0v) is 9.99. The molecule has 16 heavy (non-hydrogen) atoms. The van der Waals surface area contributed by atoms with Crippen LogP contribution in [-0.4, -0.2) is 5.11 Å². The highest BCUT2D eigenvalue weighted by Gasteiger charge is 2.24. The molecule has 1 atom stereocenters. The molecule has 2 rings (SSSR count). The minimum Gasteiger partial charge on any atom is -0.381 e. The number of rotatable bonds is 2. The summed E-state index contributed by atoms with van der Waals surface area (Å²) in [6, 6.07) is 17.2. The largest absolute Gasteiger partial charge is 0.381 e. The normalized spacial score (nSPS) is 14.4. The lowest BCUT2D eigenvalue weighted by Gasteiger charge is -2.24. The van der Waals surface area contributed by atoms with E-state index in [2.05, 4.69) is 12.6 Å². The second-order valence-corrected chi connectivity index (χ2v) is 4.50. The van der Waals surface area contributed by atoms with Crippen molar-refractivity contribution >= 4 is 12.6 Å². The van der Waals surface area contributed by atoms with E-state index in [1.807, 2.05) is 54.6 Å². The highest BCUT2D eigenvalue weighted by Crippen LogP contribution is 2.29. The standard InChI is InChI=1S/C14H14OS/c1-14(15,11-5-3-2-4-6-11)12-7-9-13(16)10-8-12/h2-10,15-16H,1H3. The molecule has 0 aromatic heterocycles. The summed E-state index contributed by atoms with van der Waals surface area (Å²) in [5.41, 5.74) is 0.807. The first kappa shape index (κ1) is 11.2. The molecule has 0 aliphatic rings. The van der Waals surface area contributed by atoms with Crippen LogP contribution in [0.2, 0.25) is 0 Å². The maximum Gasteiger partial charge on any atom is 0.112 e. The van der Waals surface area contributed by atoms with Gasteiger partial charge in [0.05, 0.1) is 0 Å². The molecular formula is C14H14OS. The molecule has 0 amide bonds. The third-order valence-electron chi connectivity index (χ3n) is 2.77. The predicted octanol–water partition coefficient (Wildman–Crippen LogP) is 3.23. The van der Waals surface area contributed by atoms with Crippen LogP contribution in [0.4, 0.5) is 0 Å². The van der Waals surface area contributed by atoms with E-state index in [1.54, 1.807) is 6.92 Å². The van der Waals surface area contributed by atoms with E-state index in [-0.39, 0.29) is 0 Å². The van der Waals surface area contributed by atoms with E-state index in [0.717, 1.165) is 16.0 Å². The zero-order valence-electron chi connectivity index (χ0n) is 9.09. The van der Waals surface area contributed by atoms with Crippen molar-refractivity contribution in [1.82, 2.24) is 0 Å². The highest BCUT2D eigenvalue weighted by atomic mass is 32.1. The third-order valence-corrected chi connectivity index (χ3v) is 3.06. The zero-order chi connectivity index (χ0) is 11.6. The maximum atomic E-state index is 10.5. The molecule has 1 unspecified atom stereocenters. The summed E-state index contributed by atoms with van der Waals surface area (Å²) in [4.78, 5) is 0.896. The smallest absolute Gasteiger partial charge is 0.112 e. The maximum absolute atomic E-state index is 10.5. The Morgan fingerprint density at radius 1 is 0.875 bits per heavy atom. The molecule has 0 bridgehead atoms. The van der Waals surface area contributed by atoms with Crippen molar-refractivity contribution in [3.05, 3.63) is 65.7 Å². The van der Waals surface area contributed by atoms with Gasteiger partial charge in [0.1, 0.15) is 5.60 Å². The molecule has 2 aromatic rings. The lowest BCUT2D eigenvalue weighted by atomic mass is 9.88. The Morgan fingerprint density at radius 3 is 1.94 bits per heavy atom. The predicted molar refractivity (Wildman–Crippen MR) is 68.8 cm³/mol. The second kappa shape index (κ2) is 4.32. The van der Waals surface area contributed by atoms with Crippen LogP contribution in [0, 0.1) is 0 Å². The van der Waals surface area contributed by atoms with Crippen molar-refractivity contribution in [3.8, 4) is 0 Å². The molecule has 0 aliphatic heterocycles. The average Bonchev–Trinajstić information content (AvgIpc) is 2.31. The van der Waals surface area contributed by atoms with Crippen molar-refractivity contribution < 1.29 is 5.11 Å². The topological polar surface area (TPSA) is 20.2 Å². The molecule has 0 radical (unpaired) electrons. The van der Waals surface area contributed by atoms with Gasteiger partial charge in [-0.2, -0.15) is 0 Å². The van der Waals surface area contributed by atoms with Gasteiger partial charge < -0.3 is 5.11 Å². The Morgan fingerprint density at radius 2 is 1.38 bits per heavy atom. The molecule has 2 aromatic carbocycles. The molecule has 0 heterocycles.